The van der Waals surface area contributed by atoms with Crippen LogP contribution in [0.5, 0.6) is 0 Å². The van der Waals surface area contributed by atoms with Gasteiger partial charge in [-0.15, -0.1) is 0 Å². The fourth-order valence-electron chi connectivity index (χ4n) is 3.42. The first-order valence-electron chi connectivity index (χ1n) is 8.53. The summed E-state index contributed by atoms with van der Waals surface area (Å²) in [7, 11) is -3.58. The Morgan fingerprint density at radius 1 is 1.16 bits per heavy atom. The maximum absolute atomic E-state index is 12.9. The van der Waals surface area contributed by atoms with Crippen LogP contribution in [0.25, 0.3) is 0 Å². The van der Waals surface area contributed by atoms with Crippen molar-refractivity contribution in [2.75, 3.05) is 26.2 Å². The van der Waals surface area contributed by atoms with Gasteiger partial charge in [-0.05, 0) is 44.9 Å². The molecule has 2 aliphatic heterocycles. The molecule has 3 rings (SSSR count). The second-order valence-corrected chi connectivity index (χ2v) is 9.07. The Bertz CT molecular complexity index is 752. The van der Waals surface area contributed by atoms with Crippen molar-refractivity contribution in [1.82, 2.24) is 9.21 Å². The maximum Gasteiger partial charge on any atom is 0.255 e. The molecule has 1 amide bonds. The SMILES string of the molecule is C[C@@H]1CN(C(=O)c2cc(S(=O)(=O)N3CCCC3)ccc2Cl)C[C@@H](C)O1. The minimum absolute atomic E-state index is 0.0667. The fraction of sp³-hybridized carbons (Fsp3) is 0.588. The molecule has 0 unspecified atom stereocenters. The second-order valence-electron chi connectivity index (χ2n) is 6.72. The minimum Gasteiger partial charge on any atom is -0.372 e. The van der Waals surface area contributed by atoms with Crippen molar-refractivity contribution in [2.45, 2.75) is 43.8 Å². The predicted octanol–water partition coefficient (Wildman–Crippen LogP) is 2.37. The Balaban J connectivity index is 1.90. The first kappa shape index (κ1) is 18.6. The van der Waals surface area contributed by atoms with E-state index >= 15 is 0 Å². The molecular formula is C17H23ClN2O4S. The molecule has 25 heavy (non-hydrogen) atoms. The molecule has 2 heterocycles. The number of nitrogens with zero attached hydrogens (tertiary/aromatic N) is 2. The largest absolute Gasteiger partial charge is 0.372 e. The predicted molar refractivity (Wildman–Crippen MR) is 95.4 cm³/mol. The van der Waals surface area contributed by atoms with E-state index in [0.717, 1.165) is 12.8 Å². The van der Waals surface area contributed by atoms with E-state index in [2.05, 4.69) is 0 Å². The quantitative estimate of drug-likeness (QED) is 0.799. The standard InChI is InChI=1S/C17H23ClN2O4S/c1-12-10-19(11-13(2)24-12)17(21)15-9-14(5-6-16(15)18)25(22,23)20-7-3-4-8-20/h5-6,9,12-13H,3-4,7-8,10-11H2,1-2H3/t12-,13-/m1/s1. The zero-order valence-electron chi connectivity index (χ0n) is 14.4. The van der Waals surface area contributed by atoms with Gasteiger partial charge >= 0.3 is 0 Å². The van der Waals surface area contributed by atoms with Gasteiger partial charge in [0, 0.05) is 26.2 Å². The lowest BCUT2D eigenvalue weighted by Gasteiger charge is -2.35. The van der Waals surface area contributed by atoms with Crippen molar-refractivity contribution in [2.24, 2.45) is 0 Å². The van der Waals surface area contributed by atoms with Gasteiger partial charge < -0.3 is 9.64 Å². The summed E-state index contributed by atoms with van der Waals surface area (Å²) in [5.74, 6) is -0.259. The van der Waals surface area contributed by atoms with Gasteiger partial charge in [0.25, 0.3) is 5.91 Å². The molecule has 0 saturated carbocycles. The summed E-state index contributed by atoms with van der Waals surface area (Å²) >= 11 is 6.21. The zero-order chi connectivity index (χ0) is 18.2. The van der Waals surface area contributed by atoms with Crippen LogP contribution in [-0.4, -0.2) is 61.9 Å². The third-order valence-corrected chi connectivity index (χ3v) is 6.80. The highest BCUT2D eigenvalue weighted by Gasteiger charge is 2.31. The van der Waals surface area contributed by atoms with Gasteiger partial charge in [-0.25, -0.2) is 8.42 Å². The average molecular weight is 387 g/mol. The second kappa shape index (κ2) is 7.23. The van der Waals surface area contributed by atoms with E-state index in [9.17, 15) is 13.2 Å². The number of hydrogen-bond acceptors (Lipinski definition) is 4. The maximum atomic E-state index is 12.9. The van der Waals surface area contributed by atoms with E-state index in [4.69, 9.17) is 16.3 Å². The number of halogens is 1. The number of rotatable bonds is 3. The van der Waals surface area contributed by atoms with E-state index in [1.807, 2.05) is 13.8 Å². The van der Waals surface area contributed by atoms with Gasteiger partial charge in [0.1, 0.15) is 0 Å². The monoisotopic (exact) mass is 386 g/mol. The van der Waals surface area contributed by atoms with Gasteiger partial charge in [-0.1, -0.05) is 11.6 Å². The van der Waals surface area contributed by atoms with Crippen LogP contribution in [0.3, 0.4) is 0 Å². The van der Waals surface area contributed by atoms with E-state index in [-0.39, 0.29) is 33.6 Å². The molecule has 0 N–H and O–H groups in total. The highest BCUT2D eigenvalue weighted by atomic mass is 35.5. The Morgan fingerprint density at radius 3 is 2.36 bits per heavy atom. The van der Waals surface area contributed by atoms with Crippen LogP contribution in [0.15, 0.2) is 23.1 Å². The topological polar surface area (TPSA) is 66.9 Å². The molecule has 8 heteroatoms. The van der Waals surface area contributed by atoms with Crippen LogP contribution in [0.1, 0.15) is 37.0 Å². The van der Waals surface area contributed by atoms with Gasteiger partial charge in [0.15, 0.2) is 0 Å². The molecule has 138 valence electrons. The Hall–Kier alpha value is -1.15. The van der Waals surface area contributed by atoms with Crippen LogP contribution in [0.2, 0.25) is 5.02 Å². The average Bonchev–Trinajstić information content (AvgIpc) is 3.09. The van der Waals surface area contributed by atoms with Gasteiger partial charge in [0.2, 0.25) is 10.0 Å². The first-order valence-corrected chi connectivity index (χ1v) is 10.4. The third kappa shape index (κ3) is 3.84. The van der Waals surface area contributed by atoms with Crippen molar-refractivity contribution in [3.8, 4) is 0 Å². The lowest BCUT2D eigenvalue weighted by atomic mass is 10.1. The number of ether oxygens (including phenoxy) is 1. The summed E-state index contributed by atoms with van der Waals surface area (Å²) in [6.07, 6.45) is 1.59. The van der Waals surface area contributed by atoms with Gasteiger partial charge in [0.05, 0.1) is 27.7 Å². The number of amides is 1. The van der Waals surface area contributed by atoms with Crippen LogP contribution in [0, 0.1) is 0 Å². The molecular weight excluding hydrogens is 364 g/mol. The molecule has 0 aromatic heterocycles. The van der Waals surface area contributed by atoms with Crippen molar-refractivity contribution < 1.29 is 17.9 Å². The van der Waals surface area contributed by atoms with E-state index in [1.54, 1.807) is 4.90 Å². The molecule has 2 saturated heterocycles. The molecule has 1 aromatic rings. The summed E-state index contributed by atoms with van der Waals surface area (Å²) in [4.78, 5) is 14.7. The zero-order valence-corrected chi connectivity index (χ0v) is 16.0. The van der Waals surface area contributed by atoms with Gasteiger partial charge in [-0.3, -0.25) is 4.79 Å². The first-order chi connectivity index (χ1) is 11.8. The highest BCUT2D eigenvalue weighted by Crippen LogP contribution is 2.27. The van der Waals surface area contributed by atoms with E-state index < -0.39 is 10.0 Å². The Morgan fingerprint density at radius 2 is 1.76 bits per heavy atom. The van der Waals surface area contributed by atoms with Crippen molar-refractivity contribution in [1.29, 1.82) is 0 Å². The van der Waals surface area contributed by atoms with E-state index in [1.165, 1.54) is 22.5 Å². The summed E-state index contributed by atoms with van der Waals surface area (Å²) in [6, 6.07) is 4.37. The summed E-state index contributed by atoms with van der Waals surface area (Å²) in [5.41, 5.74) is 0.225. The summed E-state index contributed by atoms with van der Waals surface area (Å²) < 4.78 is 32.6. The van der Waals surface area contributed by atoms with Crippen LogP contribution in [-0.2, 0) is 14.8 Å². The third-order valence-electron chi connectivity index (χ3n) is 4.58. The minimum atomic E-state index is -3.58. The van der Waals surface area contributed by atoms with Crippen molar-refractivity contribution >= 4 is 27.5 Å². The van der Waals surface area contributed by atoms with E-state index in [0.29, 0.717) is 26.2 Å². The number of benzene rings is 1. The van der Waals surface area contributed by atoms with Crippen molar-refractivity contribution in [3.63, 3.8) is 0 Å². The molecule has 2 aliphatic rings. The number of morpholine rings is 1. The molecule has 6 nitrogen and oxygen atoms in total. The van der Waals surface area contributed by atoms with Crippen LogP contribution in [0.4, 0.5) is 0 Å². The van der Waals surface area contributed by atoms with Gasteiger partial charge in [-0.2, -0.15) is 4.31 Å². The van der Waals surface area contributed by atoms with Crippen molar-refractivity contribution in [3.05, 3.63) is 28.8 Å². The summed E-state index contributed by atoms with van der Waals surface area (Å²) in [6.45, 7) is 5.78. The Labute approximate surface area is 153 Å². The molecule has 0 radical (unpaired) electrons. The Kier molecular flexibility index (Phi) is 5.39. The number of sulfonamides is 1. The lowest BCUT2D eigenvalue weighted by molar-refractivity contribution is -0.0586. The van der Waals surface area contributed by atoms with Crippen LogP contribution < -0.4 is 0 Å². The van der Waals surface area contributed by atoms with Crippen LogP contribution >= 0.6 is 11.6 Å². The number of carbonyl (C=O) groups excluding carboxylic acids is 1. The fourth-order valence-corrected chi connectivity index (χ4v) is 5.16. The molecule has 2 atom stereocenters. The molecule has 0 bridgehead atoms. The molecule has 2 fully saturated rings. The normalized spacial score (nSPS) is 25.3. The molecule has 1 aromatic carbocycles. The summed E-state index contributed by atoms with van der Waals surface area (Å²) in [5, 5.41) is 0.261. The number of carbonyl (C=O) groups is 1. The number of hydrogen-bond donors (Lipinski definition) is 0. The smallest absolute Gasteiger partial charge is 0.255 e. The lowest BCUT2D eigenvalue weighted by Crippen LogP contribution is -2.48. The molecule has 0 aliphatic carbocycles. The highest BCUT2D eigenvalue weighted by molar-refractivity contribution is 7.89. The molecule has 0 spiro atoms.